The highest BCUT2D eigenvalue weighted by atomic mass is 79.9. The molecule has 71 valence electrons. The van der Waals surface area contributed by atoms with Crippen molar-refractivity contribution in [2.75, 3.05) is 18.4 Å². The minimum atomic E-state index is -3.29. The minimum absolute atomic E-state index is 0.483. The molecule has 0 aliphatic heterocycles. The van der Waals surface area contributed by atoms with Crippen molar-refractivity contribution in [1.29, 1.82) is 0 Å². The van der Waals surface area contributed by atoms with E-state index in [1.54, 1.807) is 0 Å². The smallest absolute Gasteiger partial charge is 0.322 e. The molecule has 0 aliphatic rings. The monoisotopic (exact) mass is 255 g/mol. The van der Waals surface area contributed by atoms with Gasteiger partial charge in [-0.15, -0.1) is 0 Å². The molecule has 4 nitrogen and oxygen atoms in total. The lowest BCUT2D eigenvalue weighted by molar-refractivity contribution is 0.451. The van der Waals surface area contributed by atoms with Crippen molar-refractivity contribution in [1.82, 2.24) is 10.2 Å². The summed E-state index contributed by atoms with van der Waals surface area (Å²) in [5, 5.41) is 5.72. The molecule has 0 rings (SSSR count). The van der Waals surface area contributed by atoms with Crippen molar-refractivity contribution in [3.8, 4) is 0 Å². The molecule has 0 amide bonds. The predicted octanol–water partition coefficient (Wildman–Crippen LogP) is 0.831. The van der Waals surface area contributed by atoms with Crippen LogP contribution in [0.15, 0.2) is 0 Å². The molecule has 1 unspecified atom stereocenters. The summed E-state index contributed by atoms with van der Waals surface area (Å²) < 4.78 is 11.1. The Morgan fingerprint density at radius 3 is 2.58 bits per heavy atom. The maximum Gasteiger partial charge on any atom is 0.338 e. The first-order valence-electron chi connectivity index (χ1n) is 3.79. The second kappa shape index (κ2) is 7.10. The summed E-state index contributed by atoms with van der Waals surface area (Å²) in [5.41, 5.74) is 0. The largest absolute Gasteiger partial charge is 0.338 e. The molecule has 0 fully saturated rings. The van der Waals surface area contributed by atoms with Crippen LogP contribution in [0.2, 0.25) is 13.1 Å². The lowest BCUT2D eigenvalue weighted by Gasteiger charge is -2.12. The van der Waals surface area contributed by atoms with Gasteiger partial charge in [-0.3, -0.25) is 4.57 Å². The van der Waals surface area contributed by atoms with Gasteiger partial charge in [0.1, 0.15) is 7.28 Å². The first-order valence-corrected chi connectivity index (χ1v) is 6.57. The van der Waals surface area contributed by atoms with Gasteiger partial charge in [-0.05, 0) is 6.54 Å². The van der Waals surface area contributed by atoms with Crippen LogP contribution in [0, 0.1) is 0 Å². The Kier molecular flexibility index (Phi) is 7.48. The first kappa shape index (κ1) is 12.7. The molecule has 0 saturated heterocycles. The highest BCUT2D eigenvalue weighted by molar-refractivity contribution is 9.09. The van der Waals surface area contributed by atoms with Gasteiger partial charge in [-0.1, -0.05) is 29.1 Å². The minimum Gasteiger partial charge on any atom is -0.322 e. The Labute approximate surface area is 82.4 Å². The fourth-order valence-corrected chi connectivity index (χ4v) is 2.07. The quantitative estimate of drug-likeness (QED) is 0.273. The molecule has 0 aliphatic carbocycles. The maximum absolute atomic E-state index is 11.1. The molecule has 1 atom stereocenters. The molecule has 0 bridgehead atoms. The van der Waals surface area contributed by atoms with Crippen LogP contribution in [0.5, 0.6) is 0 Å². The van der Waals surface area contributed by atoms with Crippen molar-refractivity contribution in [3.63, 3.8) is 0 Å². The van der Waals surface area contributed by atoms with Crippen LogP contribution in [-0.2, 0) is 4.57 Å². The van der Waals surface area contributed by atoms with Gasteiger partial charge in [0.05, 0.1) is 0 Å². The van der Waals surface area contributed by atoms with Crippen LogP contribution in [0.25, 0.3) is 0 Å². The van der Waals surface area contributed by atoms with Crippen molar-refractivity contribution in [3.05, 3.63) is 0 Å². The second-order valence-corrected chi connectivity index (χ2v) is 4.86. The van der Waals surface area contributed by atoms with Crippen molar-refractivity contribution in [2.24, 2.45) is 0 Å². The van der Waals surface area contributed by atoms with Crippen LogP contribution < -0.4 is 10.2 Å². The fourth-order valence-electron chi connectivity index (χ4n) is 0.610. The van der Waals surface area contributed by atoms with E-state index in [1.165, 1.54) is 0 Å². The van der Waals surface area contributed by atoms with Crippen molar-refractivity contribution < 1.29 is 9.46 Å². The summed E-state index contributed by atoms with van der Waals surface area (Å²) in [5.74, 6) is 0. The van der Waals surface area contributed by atoms with Crippen LogP contribution in [0.3, 0.4) is 0 Å². The Morgan fingerprint density at radius 1 is 1.50 bits per heavy atom. The molecule has 0 heterocycles. The van der Waals surface area contributed by atoms with E-state index in [-0.39, 0.29) is 0 Å². The number of rotatable bonds is 7. The number of nitrogens with one attached hydrogen (secondary N) is 2. The molecule has 0 saturated carbocycles. The molecule has 12 heavy (non-hydrogen) atoms. The lowest BCUT2D eigenvalue weighted by atomic mass is 9.78. The molecule has 7 heteroatoms. The number of alkyl halides is 1. The molecule has 0 aromatic rings. The van der Waals surface area contributed by atoms with Crippen LogP contribution in [0.4, 0.5) is 0 Å². The Bertz CT molecular complexity index is 160. The van der Waals surface area contributed by atoms with E-state index in [4.69, 9.17) is 0 Å². The first-order chi connectivity index (χ1) is 5.62. The molecule has 1 radical (unpaired) electrons. The average Bonchev–Trinajstić information content (AvgIpc) is 2.01. The zero-order valence-electron chi connectivity index (χ0n) is 7.09. The van der Waals surface area contributed by atoms with Gasteiger partial charge >= 0.3 is 7.67 Å². The summed E-state index contributed by atoms with van der Waals surface area (Å²) in [4.78, 5) is 9.17. The van der Waals surface area contributed by atoms with E-state index >= 15 is 0 Å². The summed E-state index contributed by atoms with van der Waals surface area (Å²) in [6.07, 6.45) is 0.792. The lowest BCUT2D eigenvalue weighted by Crippen LogP contribution is -2.24. The van der Waals surface area contributed by atoms with Gasteiger partial charge in [0.2, 0.25) is 0 Å². The summed E-state index contributed by atoms with van der Waals surface area (Å²) in [6, 6.07) is 0. The Balaban J connectivity index is 3.49. The van der Waals surface area contributed by atoms with Crippen molar-refractivity contribution >= 4 is 30.9 Å². The van der Waals surface area contributed by atoms with E-state index < -0.39 is 7.67 Å². The summed E-state index contributed by atoms with van der Waals surface area (Å²) in [6.45, 7) is 2.92. The topological polar surface area (TPSA) is 61.4 Å². The second-order valence-electron chi connectivity index (χ2n) is 2.28. The van der Waals surface area contributed by atoms with Gasteiger partial charge in [0.25, 0.3) is 0 Å². The normalized spacial score (nSPS) is 15.6. The fraction of sp³-hybridized carbons (Fsp3) is 1.00. The van der Waals surface area contributed by atoms with Crippen molar-refractivity contribution in [2.45, 2.75) is 13.1 Å². The van der Waals surface area contributed by atoms with Gasteiger partial charge < -0.3 is 4.89 Å². The molecule has 3 N–H and O–H groups in total. The highest BCUT2D eigenvalue weighted by Crippen LogP contribution is 2.28. The molecule has 0 aromatic heterocycles. The van der Waals surface area contributed by atoms with E-state index in [2.05, 4.69) is 26.1 Å². The van der Waals surface area contributed by atoms with E-state index in [9.17, 15) is 9.46 Å². The third kappa shape index (κ3) is 7.31. The van der Waals surface area contributed by atoms with Gasteiger partial charge in [-0.2, -0.15) is 0 Å². The predicted molar refractivity (Wildman–Crippen MR) is 56.0 cm³/mol. The third-order valence-corrected chi connectivity index (χ3v) is 2.88. The number of halogens is 1. The van der Waals surface area contributed by atoms with Gasteiger partial charge in [0.15, 0.2) is 0 Å². The third-order valence-electron chi connectivity index (χ3n) is 1.18. The van der Waals surface area contributed by atoms with Gasteiger partial charge in [-0.25, -0.2) is 10.2 Å². The van der Waals surface area contributed by atoms with Crippen LogP contribution in [0.1, 0.15) is 0 Å². The van der Waals surface area contributed by atoms with E-state index in [0.717, 1.165) is 6.32 Å². The highest BCUT2D eigenvalue weighted by Gasteiger charge is 2.14. The van der Waals surface area contributed by atoms with E-state index in [1.807, 2.05) is 14.1 Å². The average molecular weight is 256 g/mol. The Morgan fingerprint density at radius 2 is 2.08 bits per heavy atom. The Hall–Kier alpha value is 0.655. The zero-order chi connectivity index (χ0) is 9.45. The van der Waals surface area contributed by atoms with E-state index in [0.29, 0.717) is 18.4 Å². The SMILES string of the molecule is C[B]CCNP(=O)(O)NCCBr. The number of hydrogen-bond acceptors (Lipinski definition) is 1. The molecule has 0 spiro atoms. The summed E-state index contributed by atoms with van der Waals surface area (Å²) >= 11 is 3.16. The zero-order valence-corrected chi connectivity index (χ0v) is 9.57. The molecule has 0 aromatic carbocycles. The molecular weight excluding hydrogens is 242 g/mol. The summed E-state index contributed by atoms with van der Waals surface area (Å²) in [7, 11) is -1.35. The maximum atomic E-state index is 11.1. The number of hydrogen-bond donors (Lipinski definition) is 3. The van der Waals surface area contributed by atoms with Gasteiger partial charge in [0, 0.05) is 11.9 Å². The standard InChI is InChI=1S/C5H14BBrN2O2P/c1-6-2-4-8-12(10,11)9-5-3-7/h2-5H2,1H3,(H3,8,9,10,11). The van der Waals surface area contributed by atoms with Crippen LogP contribution in [-0.4, -0.2) is 30.6 Å². The molecular formula is C5H14BBrN2O2P. The van der Waals surface area contributed by atoms with Crippen LogP contribution >= 0.6 is 23.6 Å².